The highest BCUT2D eigenvalue weighted by Gasteiger charge is 2.36. The Kier molecular flexibility index (Phi) is 11.0. The molecule has 220 valence electrons. The molecule has 0 bridgehead atoms. The van der Waals surface area contributed by atoms with E-state index in [1.807, 2.05) is 18.2 Å². The van der Waals surface area contributed by atoms with Gasteiger partial charge in [-0.05, 0) is 91.5 Å². The lowest BCUT2D eigenvalue weighted by atomic mass is 10.1. The van der Waals surface area contributed by atoms with Crippen LogP contribution in [-0.2, 0) is 11.0 Å². The van der Waals surface area contributed by atoms with Gasteiger partial charge < -0.3 is 19.4 Å². The van der Waals surface area contributed by atoms with Crippen LogP contribution in [0.25, 0.3) is 21.3 Å². The molecule has 0 amide bonds. The summed E-state index contributed by atoms with van der Waals surface area (Å²) in [6.07, 6.45) is 2.16. The van der Waals surface area contributed by atoms with Crippen LogP contribution in [0.3, 0.4) is 0 Å². The van der Waals surface area contributed by atoms with Gasteiger partial charge in [0.2, 0.25) is 0 Å². The van der Waals surface area contributed by atoms with Gasteiger partial charge in [0, 0.05) is 36.3 Å². The second-order valence-corrected chi connectivity index (χ2v) is 17.8. The molecule has 1 N–H and O–H groups in total. The summed E-state index contributed by atoms with van der Waals surface area (Å²) in [6, 6.07) is 25.3. The number of benzene rings is 3. The zero-order valence-corrected chi connectivity index (χ0v) is 27.5. The predicted molar refractivity (Wildman–Crippen MR) is 179 cm³/mol. The molecule has 7 heteroatoms. The van der Waals surface area contributed by atoms with Crippen molar-refractivity contribution < 1.29 is 9.16 Å². The Morgan fingerprint density at radius 3 is 2.37 bits per heavy atom. The average Bonchev–Trinajstić information content (AvgIpc) is 3.38. The molecule has 0 saturated carbocycles. The van der Waals surface area contributed by atoms with E-state index in [-0.39, 0.29) is 5.04 Å². The number of fused-ring (bicyclic) bond motifs is 1. The van der Waals surface area contributed by atoms with Crippen molar-refractivity contribution in [2.24, 2.45) is 0 Å². The monoisotopic (exact) mass is 589 g/mol. The summed E-state index contributed by atoms with van der Waals surface area (Å²) in [5.74, 6) is 0.921. The van der Waals surface area contributed by atoms with Gasteiger partial charge >= 0.3 is 0 Å². The lowest BCUT2D eigenvalue weighted by molar-refractivity contribution is 0.197. The Hall–Kier alpha value is -2.71. The van der Waals surface area contributed by atoms with Gasteiger partial charge in [0.25, 0.3) is 0 Å². The van der Waals surface area contributed by atoms with Crippen LogP contribution in [-0.4, -0.2) is 50.4 Å². The van der Waals surface area contributed by atoms with Crippen LogP contribution >= 0.6 is 11.5 Å². The topological polar surface area (TPSA) is 46.6 Å². The van der Waals surface area contributed by atoms with E-state index in [1.165, 1.54) is 22.5 Å². The summed E-state index contributed by atoms with van der Waals surface area (Å²) in [5.41, 5.74) is 4.56. The molecular weight excluding hydrogens is 543 g/mol. The fourth-order valence-corrected chi connectivity index (χ4v) is 6.32. The molecule has 41 heavy (non-hydrogen) atoms. The number of para-hydroxylation sites is 1. The van der Waals surface area contributed by atoms with Crippen molar-refractivity contribution in [3.63, 3.8) is 0 Å². The quantitative estimate of drug-likeness (QED) is 0.111. The highest BCUT2D eigenvalue weighted by molar-refractivity contribution is 7.13. The molecule has 0 aliphatic carbocycles. The number of unbranched alkanes of at least 4 members (excludes halogenated alkanes) is 1. The van der Waals surface area contributed by atoms with Gasteiger partial charge in [-0.3, -0.25) is 0 Å². The number of nitrogens with one attached hydrogen (secondary N) is 1. The lowest BCUT2D eigenvalue weighted by Crippen LogP contribution is -2.42. The summed E-state index contributed by atoms with van der Waals surface area (Å²) in [7, 11) is -1.67. The van der Waals surface area contributed by atoms with Gasteiger partial charge in [0.15, 0.2) is 8.32 Å². The van der Waals surface area contributed by atoms with Crippen molar-refractivity contribution in [3.05, 3.63) is 78.4 Å². The van der Waals surface area contributed by atoms with Gasteiger partial charge in [-0.1, -0.05) is 70.2 Å². The maximum absolute atomic E-state index is 6.37. The second kappa shape index (κ2) is 14.5. The third-order valence-corrected chi connectivity index (χ3v) is 13.5. The fourth-order valence-electron chi connectivity index (χ4n) is 4.46. The number of nitrogens with zero attached hydrogens (tertiary/aromatic N) is 2. The summed E-state index contributed by atoms with van der Waals surface area (Å²) in [4.78, 5) is 2.49. The minimum Gasteiger partial charge on any atom is -0.494 e. The molecular formula is C34H47N3O2SSi. The first-order valence-corrected chi connectivity index (χ1v) is 18.6. The molecule has 1 heterocycles. The SMILES string of the molecule is CCN(CCCCOc1ccc2c(-c3ccc(CNc4ccccc4)cc3)nsc2c1)CCO[Si](C)(C)C(C)(C)C. The number of rotatable bonds is 15. The maximum atomic E-state index is 6.37. The molecule has 0 atom stereocenters. The Balaban J connectivity index is 1.21. The number of hydrogen-bond donors (Lipinski definition) is 1. The molecule has 0 aliphatic heterocycles. The first kappa shape index (κ1) is 31.2. The van der Waals surface area contributed by atoms with Gasteiger partial charge in [0.1, 0.15) is 5.75 Å². The molecule has 0 fully saturated rings. The van der Waals surface area contributed by atoms with Crippen LogP contribution in [0.4, 0.5) is 5.69 Å². The zero-order valence-electron chi connectivity index (χ0n) is 25.7. The van der Waals surface area contributed by atoms with Crippen LogP contribution in [0.1, 0.15) is 46.1 Å². The number of hydrogen-bond acceptors (Lipinski definition) is 6. The number of anilines is 1. The van der Waals surface area contributed by atoms with E-state index in [0.29, 0.717) is 0 Å². The van der Waals surface area contributed by atoms with E-state index >= 15 is 0 Å². The predicted octanol–water partition coefficient (Wildman–Crippen LogP) is 9.08. The number of aromatic nitrogens is 1. The van der Waals surface area contributed by atoms with E-state index < -0.39 is 8.32 Å². The van der Waals surface area contributed by atoms with E-state index in [4.69, 9.17) is 13.5 Å². The van der Waals surface area contributed by atoms with Crippen LogP contribution in [0.2, 0.25) is 18.1 Å². The molecule has 0 radical (unpaired) electrons. The molecule has 0 spiro atoms. The molecule has 0 saturated heterocycles. The van der Waals surface area contributed by atoms with Crippen LogP contribution < -0.4 is 10.1 Å². The molecule has 1 aromatic heterocycles. The Bertz CT molecular complexity index is 1350. The van der Waals surface area contributed by atoms with Gasteiger partial charge in [-0.15, -0.1) is 0 Å². The van der Waals surface area contributed by atoms with Crippen molar-refractivity contribution in [1.29, 1.82) is 0 Å². The maximum Gasteiger partial charge on any atom is 0.192 e. The zero-order chi connectivity index (χ0) is 29.3. The highest BCUT2D eigenvalue weighted by atomic mass is 32.1. The van der Waals surface area contributed by atoms with Crippen molar-refractivity contribution in [1.82, 2.24) is 9.27 Å². The van der Waals surface area contributed by atoms with Gasteiger partial charge in [-0.2, -0.15) is 4.37 Å². The van der Waals surface area contributed by atoms with E-state index in [0.717, 1.165) is 79.6 Å². The normalized spacial score (nSPS) is 12.3. The molecule has 4 aromatic rings. The largest absolute Gasteiger partial charge is 0.494 e. The van der Waals surface area contributed by atoms with Crippen molar-refractivity contribution >= 4 is 35.6 Å². The minimum atomic E-state index is -1.67. The van der Waals surface area contributed by atoms with Crippen LogP contribution in [0.15, 0.2) is 72.8 Å². The third kappa shape index (κ3) is 8.89. The Morgan fingerprint density at radius 1 is 0.902 bits per heavy atom. The van der Waals surface area contributed by atoms with E-state index in [9.17, 15) is 0 Å². The number of ether oxygens (including phenoxy) is 1. The summed E-state index contributed by atoms with van der Waals surface area (Å²) >= 11 is 1.54. The van der Waals surface area contributed by atoms with Crippen molar-refractivity contribution in [2.45, 2.75) is 65.2 Å². The summed E-state index contributed by atoms with van der Waals surface area (Å²) < 4.78 is 18.4. The Morgan fingerprint density at radius 2 is 1.66 bits per heavy atom. The second-order valence-electron chi connectivity index (χ2n) is 12.2. The summed E-state index contributed by atoms with van der Waals surface area (Å²) in [6.45, 7) is 19.3. The molecule has 3 aromatic carbocycles. The third-order valence-electron chi connectivity index (χ3n) is 8.20. The van der Waals surface area contributed by atoms with E-state index in [1.54, 1.807) is 0 Å². The number of likely N-dealkylation sites (N-methyl/N-ethyl adjacent to an activating group) is 1. The fraction of sp³-hybridized carbons (Fsp3) is 0.441. The van der Waals surface area contributed by atoms with Gasteiger partial charge in [0.05, 0.1) is 17.0 Å². The Labute approximate surface area is 252 Å². The lowest BCUT2D eigenvalue weighted by Gasteiger charge is -2.36. The highest BCUT2D eigenvalue weighted by Crippen LogP contribution is 2.36. The smallest absolute Gasteiger partial charge is 0.192 e. The van der Waals surface area contributed by atoms with Crippen LogP contribution in [0, 0.1) is 0 Å². The van der Waals surface area contributed by atoms with Crippen LogP contribution in [0.5, 0.6) is 5.75 Å². The standard InChI is InChI=1S/C34H47N3O2SSi/c1-7-37(22-24-39-41(5,6)34(2,3)4)21-11-12-23-38-30-19-20-31-32(25-30)40-36-33(31)28-17-15-27(16-18-28)26-35-29-13-9-8-10-14-29/h8-10,13-20,25,35H,7,11-12,21-24,26H2,1-6H3. The first-order valence-electron chi connectivity index (χ1n) is 14.9. The molecule has 5 nitrogen and oxygen atoms in total. The molecule has 0 unspecified atom stereocenters. The minimum absolute atomic E-state index is 0.261. The van der Waals surface area contributed by atoms with E-state index in [2.05, 4.69) is 106 Å². The summed E-state index contributed by atoms with van der Waals surface area (Å²) in [5, 5.41) is 4.91. The van der Waals surface area contributed by atoms with Crippen molar-refractivity contribution in [2.75, 3.05) is 38.2 Å². The van der Waals surface area contributed by atoms with Gasteiger partial charge in [-0.25, -0.2) is 0 Å². The molecule has 0 aliphatic rings. The molecule has 4 rings (SSSR count). The first-order chi connectivity index (χ1) is 19.7. The van der Waals surface area contributed by atoms with Crippen molar-refractivity contribution in [3.8, 4) is 17.0 Å². The average molecular weight is 590 g/mol.